The molecule has 1 saturated heterocycles. The Morgan fingerprint density at radius 3 is 2.88 bits per heavy atom. The number of halogens is 1. The van der Waals surface area contributed by atoms with Crippen LogP contribution in [0.5, 0.6) is 5.75 Å². The summed E-state index contributed by atoms with van der Waals surface area (Å²) in [5.41, 5.74) is 0.217. The number of hydrogen-bond acceptors (Lipinski definition) is 5. The lowest BCUT2D eigenvalue weighted by molar-refractivity contribution is 0.0370. The summed E-state index contributed by atoms with van der Waals surface area (Å²) in [7, 11) is 1.35. The fourth-order valence-corrected chi connectivity index (χ4v) is 3.37. The van der Waals surface area contributed by atoms with Gasteiger partial charge >= 0.3 is 0 Å². The van der Waals surface area contributed by atoms with E-state index in [1.54, 1.807) is 17.2 Å². The molecule has 26 heavy (non-hydrogen) atoms. The van der Waals surface area contributed by atoms with Crippen LogP contribution in [0.2, 0.25) is 0 Å². The predicted octanol–water partition coefficient (Wildman–Crippen LogP) is 2.14. The Bertz CT molecular complexity index is 735. The number of hydrogen-bond donors (Lipinski definition) is 1. The number of carbonyl (C=O) groups is 1. The Morgan fingerprint density at radius 1 is 1.35 bits per heavy atom. The zero-order valence-corrected chi connectivity index (χ0v) is 14.7. The molecule has 2 aromatic rings. The van der Waals surface area contributed by atoms with Crippen molar-refractivity contribution in [1.29, 1.82) is 0 Å². The van der Waals surface area contributed by atoms with Crippen molar-refractivity contribution in [3.05, 3.63) is 53.7 Å². The molecule has 0 bridgehead atoms. The first kappa shape index (κ1) is 18.4. The summed E-state index contributed by atoms with van der Waals surface area (Å²) in [6, 6.07) is 8.09. The zero-order valence-electron chi connectivity index (χ0n) is 14.7. The van der Waals surface area contributed by atoms with Crippen LogP contribution in [0.4, 0.5) is 4.39 Å². The van der Waals surface area contributed by atoms with E-state index in [4.69, 9.17) is 9.15 Å². The van der Waals surface area contributed by atoms with E-state index in [1.807, 2.05) is 12.1 Å². The van der Waals surface area contributed by atoms with E-state index in [9.17, 15) is 14.3 Å². The molecule has 7 heteroatoms. The van der Waals surface area contributed by atoms with Crippen LogP contribution < -0.4 is 4.74 Å². The standard InChI is InChI=1S/C19H23FN2O4/c1-25-18-16(5-2-6-17(18)20)19(24)22-9-8-21(14(12-22)7-10-23)13-15-4-3-11-26-15/h2-6,11,14,23H,7-10,12-13H2,1H3/t14-/m0/s1. The Hall–Kier alpha value is -2.38. The van der Waals surface area contributed by atoms with Gasteiger partial charge in [0.25, 0.3) is 5.91 Å². The van der Waals surface area contributed by atoms with Crippen LogP contribution in [0.15, 0.2) is 41.0 Å². The molecular formula is C19H23FN2O4. The van der Waals surface area contributed by atoms with Crippen LogP contribution in [0.3, 0.4) is 0 Å². The predicted molar refractivity (Wildman–Crippen MR) is 93.5 cm³/mol. The van der Waals surface area contributed by atoms with Gasteiger partial charge in [0.05, 0.1) is 25.5 Å². The lowest BCUT2D eigenvalue weighted by atomic mass is 10.1. The Kier molecular flexibility index (Phi) is 5.90. The molecule has 1 aromatic carbocycles. The van der Waals surface area contributed by atoms with E-state index in [1.165, 1.54) is 19.2 Å². The number of ether oxygens (including phenoxy) is 1. The summed E-state index contributed by atoms with van der Waals surface area (Å²) in [4.78, 5) is 16.8. The average molecular weight is 362 g/mol. The second-order valence-electron chi connectivity index (χ2n) is 6.29. The summed E-state index contributed by atoms with van der Waals surface area (Å²) in [6.07, 6.45) is 2.18. The van der Waals surface area contributed by atoms with Gasteiger partial charge in [0.2, 0.25) is 0 Å². The van der Waals surface area contributed by atoms with Gasteiger partial charge in [-0.05, 0) is 30.7 Å². The molecule has 0 aliphatic carbocycles. The molecule has 1 amide bonds. The average Bonchev–Trinajstić information content (AvgIpc) is 3.15. The van der Waals surface area contributed by atoms with Gasteiger partial charge in [-0.15, -0.1) is 0 Å². The lowest BCUT2D eigenvalue weighted by Gasteiger charge is -2.41. The number of furan rings is 1. The quantitative estimate of drug-likeness (QED) is 0.853. The van der Waals surface area contributed by atoms with Gasteiger partial charge in [-0.2, -0.15) is 0 Å². The highest BCUT2D eigenvalue weighted by Gasteiger charge is 2.31. The van der Waals surface area contributed by atoms with E-state index < -0.39 is 5.82 Å². The summed E-state index contributed by atoms with van der Waals surface area (Å²) >= 11 is 0. The number of piperazine rings is 1. The normalized spacial score (nSPS) is 18.1. The zero-order chi connectivity index (χ0) is 18.5. The van der Waals surface area contributed by atoms with Crippen molar-refractivity contribution in [2.24, 2.45) is 0 Å². The van der Waals surface area contributed by atoms with Crippen molar-refractivity contribution in [2.75, 3.05) is 33.4 Å². The van der Waals surface area contributed by atoms with Crippen molar-refractivity contribution < 1.29 is 23.4 Å². The fourth-order valence-electron chi connectivity index (χ4n) is 3.37. The molecule has 140 valence electrons. The third kappa shape index (κ3) is 3.89. The number of aliphatic hydroxyl groups excluding tert-OH is 1. The number of methoxy groups -OCH3 is 1. The molecule has 3 rings (SSSR count). The molecule has 1 aliphatic rings. The van der Waals surface area contributed by atoms with Crippen LogP contribution >= 0.6 is 0 Å². The third-order valence-corrected chi connectivity index (χ3v) is 4.69. The van der Waals surface area contributed by atoms with Gasteiger partial charge in [0.1, 0.15) is 5.76 Å². The van der Waals surface area contributed by atoms with Crippen molar-refractivity contribution in [1.82, 2.24) is 9.80 Å². The maximum absolute atomic E-state index is 13.9. The van der Waals surface area contributed by atoms with E-state index in [-0.39, 0.29) is 29.9 Å². The first-order chi connectivity index (χ1) is 12.6. The van der Waals surface area contributed by atoms with Crippen LogP contribution in [-0.4, -0.2) is 60.2 Å². The van der Waals surface area contributed by atoms with Gasteiger partial charge in [0, 0.05) is 32.3 Å². The smallest absolute Gasteiger partial charge is 0.257 e. The second-order valence-corrected chi connectivity index (χ2v) is 6.29. The SMILES string of the molecule is COc1c(F)cccc1C(=O)N1CCN(Cc2ccco2)[C@@H](CCO)C1. The lowest BCUT2D eigenvalue weighted by Crippen LogP contribution is -2.54. The number of rotatable bonds is 6. The summed E-state index contributed by atoms with van der Waals surface area (Å²) in [5, 5.41) is 9.40. The van der Waals surface area contributed by atoms with E-state index in [2.05, 4.69) is 4.90 Å². The molecule has 1 aliphatic heterocycles. The number of nitrogens with zero attached hydrogens (tertiary/aromatic N) is 2. The molecule has 0 saturated carbocycles. The van der Waals surface area contributed by atoms with Crippen LogP contribution in [-0.2, 0) is 6.54 Å². The monoisotopic (exact) mass is 362 g/mol. The maximum atomic E-state index is 13.9. The maximum Gasteiger partial charge on any atom is 0.257 e. The molecular weight excluding hydrogens is 339 g/mol. The van der Waals surface area contributed by atoms with E-state index in [0.717, 1.165) is 5.76 Å². The van der Waals surface area contributed by atoms with Crippen molar-refractivity contribution >= 4 is 5.91 Å². The first-order valence-electron chi connectivity index (χ1n) is 8.63. The number of benzene rings is 1. The van der Waals surface area contributed by atoms with E-state index >= 15 is 0 Å². The minimum Gasteiger partial charge on any atom is -0.493 e. The Labute approximate surface area is 151 Å². The molecule has 1 fully saturated rings. The topological polar surface area (TPSA) is 66.2 Å². The number of aliphatic hydroxyl groups is 1. The number of carbonyl (C=O) groups excluding carboxylic acids is 1. The summed E-state index contributed by atoms with van der Waals surface area (Å²) in [6.45, 7) is 2.28. The molecule has 0 unspecified atom stereocenters. The molecule has 0 spiro atoms. The summed E-state index contributed by atoms with van der Waals surface area (Å²) < 4.78 is 24.4. The number of para-hydroxylation sites is 1. The van der Waals surface area contributed by atoms with Crippen molar-refractivity contribution in [3.8, 4) is 5.75 Å². The van der Waals surface area contributed by atoms with Gasteiger partial charge in [0.15, 0.2) is 11.6 Å². The molecule has 0 radical (unpaired) electrons. The molecule has 1 N–H and O–H groups in total. The van der Waals surface area contributed by atoms with Gasteiger partial charge < -0.3 is 19.2 Å². The molecule has 6 nitrogen and oxygen atoms in total. The minimum absolute atomic E-state index is 0.00218. The van der Waals surface area contributed by atoms with Gasteiger partial charge in [-0.25, -0.2) is 4.39 Å². The fraction of sp³-hybridized carbons (Fsp3) is 0.421. The highest BCUT2D eigenvalue weighted by Crippen LogP contribution is 2.25. The van der Waals surface area contributed by atoms with Gasteiger partial charge in [-0.1, -0.05) is 6.07 Å². The van der Waals surface area contributed by atoms with Crippen LogP contribution in [0.25, 0.3) is 0 Å². The summed E-state index contributed by atoms with van der Waals surface area (Å²) in [5.74, 6) is -0.00242. The third-order valence-electron chi connectivity index (χ3n) is 4.69. The highest BCUT2D eigenvalue weighted by molar-refractivity contribution is 5.97. The van der Waals surface area contributed by atoms with E-state index in [0.29, 0.717) is 32.6 Å². The van der Waals surface area contributed by atoms with Crippen LogP contribution in [0, 0.1) is 5.82 Å². The number of amides is 1. The Balaban J connectivity index is 1.74. The Morgan fingerprint density at radius 2 is 2.19 bits per heavy atom. The van der Waals surface area contributed by atoms with Crippen molar-refractivity contribution in [2.45, 2.75) is 19.0 Å². The molecule has 1 atom stereocenters. The van der Waals surface area contributed by atoms with Crippen LogP contribution in [0.1, 0.15) is 22.5 Å². The minimum atomic E-state index is -0.554. The second kappa shape index (κ2) is 8.33. The molecule has 1 aromatic heterocycles. The molecule has 2 heterocycles. The van der Waals surface area contributed by atoms with Gasteiger partial charge in [-0.3, -0.25) is 9.69 Å². The first-order valence-corrected chi connectivity index (χ1v) is 8.63. The largest absolute Gasteiger partial charge is 0.493 e. The highest BCUT2D eigenvalue weighted by atomic mass is 19.1. The van der Waals surface area contributed by atoms with Crippen molar-refractivity contribution in [3.63, 3.8) is 0 Å².